The maximum atomic E-state index is 6.32. The van der Waals surface area contributed by atoms with Crippen molar-refractivity contribution in [1.29, 1.82) is 0 Å². The maximum absolute atomic E-state index is 6.32. The fourth-order valence-corrected chi connectivity index (χ4v) is 2.22. The van der Waals surface area contributed by atoms with Crippen LogP contribution in [0.1, 0.15) is 43.8 Å². The average molecular weight is 259 g/mol. The van der Waals surface area contributed by atoms with E-state index in [9.17, 15) is 0 Å². The Bertz CT molecular complexity index is 553. The molecule has 0 spiro atoms. The first-order valence-corrected chi connectivity index (χ1v) is 6.46. The van der Waals surface area contributed by atoms with Crippen LogP contribution in [0.15, 0.2) is 24.3 Å². The van der Waals surface area contributed by atoms with E-state index < -0.39 is 0 Å². The third kappa shape index (κ3) is 3.17. The van der Waals surface area contributed by atoms with Crippen LogP contribution in [0.4, 0.5) is 0 Å². The lowest BCUT2D eigenvalue weighted by Gasteiger charge is -2.25. The zero-order valence-electron chi connectivity index (χ0n) is 12.0. The number of hydrogen-bond donors (Lipinski definition) is 1. The first-order valence-electron chi connectivity index (χ1n) is 6.46. The summed E-state index contributed by atoms with van der Waals surface area (Å²) in [6.45, 7) is 6.58. The lowest BCUT2D eigenvalue weighted by molar-refractivity contribution is 0.565. The lowest BCUT2D eigenvalue weighted by Crippen LogP contribution is -2.21. The second kappa shape index (κ2) is 5.09. The van der Waals surface area contributed by atoms with Crippen LogP contribution in [-0.2, 0) is 18.9 Å². The summed E-state index contributed by atoms with van der Waals surface area (Å²) in [4.78, 5) is 1.46. The van der Waals surface area contributed by atoms with Crippen molar-refractivity contribution in [1.82, 2.24) is 20.2 Å². The Morgan fingerprint density at radius 1 is 1.26 bits per heavy atom. The molecule has 0 amide bonds. The maximum Gasteiger partial charge on any atom is 0.176 e. The van der Waals surface area contributed by atoms with Crippen molar-refractivity contribution in [3.8, 4) is 0 Å². The Morgan fingerprint density at radius 2 is 1.95 bits per heavy atom. The number of benzene rings is 1. The number of tetrazole rings is 1. The molecule has 1 aromatic carbocycles. The van der Waals surface area contributed by atoms with E-state index in [1.165, 1.54) is 10.4 Å². The standard InChI is InChI=1S/C14H21N5/c1-14(2,3)11-8-6-5-7-10(11)12(15)9-13-16-18-19(4)17-13/h5-8,12H,9,15H2,1-4H3. The minimum Gasteiger partial charge on any atom is -0.324 e. The van der Waals surface area contributed by atoms with Crippen LogP contribution in [0.3, 0.4) is 0 Å². The van der Waals surface area contributed by atoms with Gasteiger partial charge in [0.15, 0.2) is 5.82 Å². The van der Waals surface area contributed by atoms with Gasteiger partial charge in [0, 0.05) is 12.5 Å². The zero-order valence-corrected chi connectivity index (χ0v) is 12.0. The molecular weight excluding hydrogens is 238 g/mol. The highest BCUT2D eigenvalue weighted by Crippen LogP contribution is 2.29. The van der Waals surface area contributed by atoms with Gasteiger partial charge in [0.2, 0.25) is 0 Å². The van der Waals surface area contributed by atoms with Crippen molar-refractivity contribution in [2.45, 2.75) is 38.6 Å². The van der Waals surface area contributed by atoms with Gasteiger partial charge in [0.25, 0.3) is 0 Å². The van der Waals surface area contributed by atoms with Gasteiger partial charge in [0.1, 0.15) is 0 Å². The number of rotatable bonds is 3. The van der Waals surface area contributed by atoms with Gasteiger partial charge in [-0.2, -0.15) is 4.80 Å². The lowest BCUT2D eigenvalue weighted by atomic mass is 9.81. The van der Waals surface area contributed by atoms with Crippen LogP contribution in [-0.4, -0.2) is 20.2 Å². The van der Waals surface area contributed by atoms with E-state index in [1.807, 2.05) is 6.07 Å². The highest BCUT2D eigenvalue weighted by atomic mass is 15.6. The minimum absolute atomic E-state index is 0.0734. The largest absolute Gasteiger partial charge is 0.324 e. The fourth-order valence-electron chi connectivity index (χ4n) is 2.22. The summed E-state index contributed by atoms with van der Waals surface area (Å²) in [6.07, 6.45) is 0.598. The van der Waals surface area contributed by atoms with Crippen molar-refractivity contribution < 1.29 is 0 Å². The van der Waals surface area contributed by atoms with Crippen molar-refractivity contribution in [3.63, 3.8) is 0 Å². The molecule has 19 heavy (non-hydrogen) atoms. The Balaban J connectivity index is 2.26. The van der Waals surface area contributed by atoms with Gasteiger partial charge < -0.3 is 5.73 Å². The van der Waals surface area contributed by atoms with E-state index in [1.54, 1.807) is 7.05 Å². The van der Waals surface area contributed by atoms with Gasteiger partial charge in [0.05, 0.1) is 7.05 Å². The summed E-state index contributed by atoms with van der Waals surface area (Å²) in [7, 11) is 1.76. The van der Waals surface area contributed by atoms with Crippen LogP contribution < -0.4 is 5.73 Å². The van der Waals surface area contributed by atoms with Crippen LogP contribution in [0.2, 0.25) is 0 Å². The fraction of sp³-hybridized carbons (Fsp3) is 0.500. The summed E-state index contributed by atoms with van der Waals surface area (Å²) in [5.74, 6) is 0.679. The van der Waals surface area contributed by atoms with Gasteiger partial charge in [-0.3, -0.25) is 0 Å². The molecule has 5 heteroatoms. The Kier molecular flexibility index (Phi) is 3.66. The molecule has 102 valence electrons. The molecule has 1 aromatic heterocycles. The number of nitrogens with zero attached hydrogens (tertiary/aromatic N) is 4. The van der Waals surface area contributed by atoms with Crippen molar-refractivity contribution >= 4 is 0 Å². The van der Waals surface area contributed by atoms with E-state index in [2.05, 4.69) is 54.4 Å². The highest BCUT2D eigenvalue weighted by molar-refractivity contribution is 5.35. The predicted molar refractivity (Wildman–Crippen MR) is 74.6 cm³/mol. The molecule has 0 saturated heterocycles. The normalized spacial score (nSPS) is 13.5. The summed E-state index contributed by atoms with van der Waals surface area (Å²) in [5, 5.41) is 12.0. The molecule has 2 N–H and O–H groups in total. The van der Waals surface area contributed by atoms with E-state index in [-0.39, 0.29) is 11.5 Å². The molecule has 0 fully saturated rings. The molecule has 1 atom stereocenters. The smallest absolute Gasteiger partial charge is 0.176 e. The molecule has 0 aliphatic carbocycles. The molecule has 2 rings (SSSR count). The van der Waals surface area contributed by atoms with Gasteiger partial charge >= 0.3 is 0 Å². The van der Waals surface area contributed by atoms with Crippen LogP contribution in [0, 0.1) is 0 Å². The van der Waals surface area contributed by atoms with Gasteiger partial charge in [-0.1, -0.05) is 45.0 Å². The molecule has 0 radical (unpaired) electrons. The minimum atomic E-state index is -0.111. The van der Waals surface area contributed by atoms with Gasteiger partial charge in [-0.05, 0) is 21.8 Å². The highest BCUT2D eigenvalue weighted by Gasteiger charge is 2.21. The van der Waals surface area contributed by atoms with E-state index in [4.69, 9.17) is 5.73 Å². The Hall–Kier alpha value is -1.75. The SMILES string of the molecule is Cn1nnc(CC(N)c2ccccc2C(C)(C)C)n1. The van der Waals surface area contributed by atoms with Crippen molar-refractivity contribution in [3.05, 3.63) is 41.2 Å². The Labute approximate surface area is 113 Å². The van der Waals surface area contributed by atoms with E-state index in [0.29, 0.717) is 12.2 Å². The van der Waals surface area contributed by atoms with Crippen molar-refractivity contribution in [2.24, 2.45) is 12.8 Å². The number of aromatic nitrogens is 4. The third-order valence-corrected chi connectivity index (χ3v) is 3.12. The Morgan fingerprint density at radius 3 is 2.53 bits per heavy atom. The molecule has 1 heterocycles. The molecular formula is C14H21N5. The number of hydrogen-bond acceptors (Lipinski definition) is 4. The quantitative estimate of drug-likeness (QED) is 0.911. The first-order chi connectivity index (χ1) is 8.88. The summed E-state index contributed by atoms with van der Waals surface area (Å²) < 4.78 is 0. The monoisotopic (exact) mass is 259 g/mol. The molecule has 0 bridgehead atoms. The van der Waals surface area contributed by atoms with Crippen molar-refractivity contribution in [2.75, 3.05) is 0 Å². The summed E-state index contributed by atoms with van der Waals surface area (Å²) >= 11 is 0. The van der Waals surface area contributed by atoms with Crippen LogP contribution in [0.5, 0.6) is 0 Å². The molecule has 0 aliphatic heterocycles. The van der Waals surface area contributed by atoms with Crippen LogP contribution in [0.25, 0.3) is 0 Å². The summed E-state index contributed by atoms with van der Waals surface area (Å²) in [5.41, 5.74) is 8.82. The van der Waals surface area contributed by atoms with E-state index >= 15 is 0 Å². The molecule has 5 nitrogen and oxygen atoms in total. The van der Waals surface area contributed by atoms with Gasteiger partial charge in [-0.25, -0.2) is 0 Å². The predicted octanol–water partition coefficient (Wildman–Crippen LogP) is 1.75. The second-order valence-electron chi connectivity index (χ2n) is 5.84. The number of aryl methyl sites for hydroxylation is 1. The zero-order chi connectivity index (χ0) is 14.0. The number of nitrogens with two attached hydrogens (primary N) is 1. The van der Waals surface area contributed by atoms with E-state index in [0.717, 1.165) is 5.56 Å². The molecule has 0 aliphatic rings. The second-order valence-corrected chi connectivity index (χ2v) is 5.84. The first kappa shape index (κ1) is 13.7. The third-order valence-electron chi connectivity index (χ3n) is 3.12. The average Bonchev–Trinajstić information content (AvgIpc) is 2.73. The molecule has 1 unspecified atom stereocenters. The van der Waals surface area contributed by atoms with Crippen LogP contribution >= 0.6 is 0 Å². The topological polar surface area (TPSA) is 69.6 Å². The summed E-state index contributed by atoms with van der Waals surface area (Å²) in [6, 6.07) is 8.19. The molecule has 0 saturated carbocycles. The van der Waals surface area contributed by atoms with Gasteiger partial charge in [-0.15, -0.1) is 10.2 Å². The molecule has 2 aromatic rings.